The molecule has 0 bridgehead atoms. The molecule has 0 N–H and O–H groups in total. The Labute approximate surface area is 174 Å². The van der Waals surface area contributed by atoms with Gasteiger partial charge < -0.3 is 0 Å². The topological polar surface area (TPSA) is 77.6 Å². The Kier molecular flexibility index (Phi) is 6.05. The molecule has 0 spiro atoms. The van der Waals surface area contributed by atoms with Crippen molar-refractivity contribution in [2.24, 2.45) is 0 Å². The lowest BCUT2D eigenvalue weighted by Gasteiger charge is -2.32. The van der Waals surface area contributed by atoms with E-state index < -0.39 is 0 Å². The number of fused-ring (bicyclic) bond motifs is 1. The van der Waals surface area contributed by atoms with Crippen molar-refractivity contribution < 1.29 is 4.39 Å². The van der Waals surface area contributed by atoms with Crippen LogP contribution in [0, 0.1) is 5.82 Å². The minimum atomic E-state index is -0.273. The Morgan fingerprint density at radius 3 is 2.45 bits per heavy atom. The lowest BCUT2D eigenvalue weighted by atomic mass is 9.95. The molecule has 2 fully saturated rings. The Balaban J connectivity index is 0.00000205. The number of rotatable bonds is 4. The first-order valence-corrected chi connectivity index (χ1v) is 10.3. The van der Waals surface area contributed by atoms with Gasteiger partial charge in [-0.25, -0.2) is 13.8 Å². The predicted octanol–water partition coefficient (Wildman–Crippen LogP) is 3.32. The fourth-order valence-corrected chi connectivity index (χ4v) is 4.63. The van der Waals surface area contributed by atoms with Crippen molar-refractivity contribution >= 4 is 23.4 Å². The lowest BCUT2D eigenvalue weighted by molar-refractivity contribution is 0.165. The maximum absolute atomic E-state index is 13.4. The van der Waals surface area contributed by atoms with Gasteiger partial charge in [0, 0.05) is 19.2 Å². The van der Waals surface area contributed by atoms with Crippen LogP contribution in [0.15, 0.2) is 18.2 Å². The van der Waals surface area contributed by atoms with E-state index in [-0.39, 0.29) is 18.2 Å². The quantitative estimate of drug-likeness (QED) is 0.644. The zero-order valence-electron chi connectivity index (χ0n) is 16.3. The molecule has 1 aliphatic heterocycles. The first-order valence-electron chi connectivity index (χ1n) is 10.3. The van der Waals surface area contributed by atoms with Gasteiger partial charge in [0.1, 0.15) is 11.3 Å². The van der Waals surface area contributed by atoms with Gasteiger partial charge in [0.25, 0.3) is 0 Å². The highest BCUT2D eigenvalue weighted by atomic mass is 35.5. The highest BCUT2D eigenvalue weighted by molar-refractivity contribution is 5.85. The number of piperidine rings is 1. The van der Waals surface area contributed by atoms with E-state index in [1.807, 2.05) is 4.68 Å². The Hall–Kier alpha value is -2.13. The van der Waals surface area contributed by atoms with Crippen molar-refractivity contribution in [3.8, 4) is 0 Å². The van der Waals surface area contributed by atoms with Crippen molar-refractivity contribution in [1.82, 2.24) is 40.1 Å². The summed E-state index contributed by atoms with van der Waals surface area (Å²) >= 11 is 0. The van der Waals surface area contributed by atoms with Crippen molar-refractivity contribution in [3.05, 3.63) is 29.8 Å². The SMILES string of the molecule is Cl.Fc1ccc2c(c1)nnn2C1CCN(Cc2nnnn2C2CCCCC2)CC1. The summed E-state index contributed by atoms with van der Waals surface area (Å²) < 4.78 is 17.4. The van der Waals surface area contributed by atoms with Gasteiger partial charge in [0.15, 0.2) is 5.82 Å². The number of aromatic nitrogens is 7. The van der Waals surface area contributed by atoms with Gasteiger partial charge in [-0.3, -0.25) is 4.90 Å². The number of likely N-dealkylation sites (tertiary alicyclic amines) is 1. The van der Waals surface area contributed by atoms with Crippen LogP contribution in [-0.4, -0.2) is 53.2 Å². The molecule has 0 atom stereocenters. The van der Waals surface area contributed by atoms with Crippen molar-refractivity contribution in [3.63, 3.8) is 0 Å². The molecular formula is C19H26ClFN8. The monoisotopic (exact) mass is 420 g/mol. The highest BCUT2D eigenvalue weighted by Gasteiger charge is 2.26. The third-order valence-electron chi connectivity index (χ3n) is 6.18. The van der Waals surface area contributed by atoms with Crippen LogP contribution in [0.1, 0.15) is 62.9 Å². The average Bonchev–Trinajstić information content (AvgIpc) is 3.36. The molecule has 0 radical (unpaired) electrons. The standard InChI is InChI=1S/C19H25FN8.ClH/c20-14-6-7-18-17(12-14)21-24-27(18)16-8-10-26(11-9-16)13-19-22-23-25-28(19)15-4-2-1-3-5-15;/h6-7,12,15-16H,1-5,8-11,13H2;1H. The predicted molar refractivity (Wildman–Crippen MR) is 108 cm³/mol. The molecule has 156 valence electrons. The lowest BCUT2D eigenvalue weighted by Crippen LogP contribution is -2.35. The number of hydrogen-bond acceptors (Lipinski definition) is 6. The summed E-state index contributed by atoms with van der Waals surface area (Å²) in [6, 6.07) is 5.44. The zero-order valence-corrected chi connectivity index (χ0v) is 17.1. The number of hydrogen-bond donors (Lipinski definition) is 0. The van der Waals surface area contributed by atoms with Crippen LogP contribution in [0.2, 0.25) is 0 Å². The Bertz CT molecular complexity index is 943. The molecule has 8 nitrogen and oxygen atoms in total. The first kappa shape index (κ1) is 20.2. The van der Waals surface area contributed by atoms with Gasteiger partial charge in [-0.2, -0.15) is 0 Å². The molecule has 3 heterocycles. The van der Waals surface area contributed by atoms with Crippen molar-refractivity contribution in [2.45, 2.75) is 63.6 Å². The maximum Gasteiger partial charge on any atom is 0.165 e. The smallest absolute Gasteiger partial charge is 0.165 e. The minimum Gasteiger partial charge on any atom is -0.296 e. The summed E-state index contributed by atoms with van der Waals surface area (Å²) in [6.07, 6.45) is 8.20. The number of halogens is 2. The fraction of sp³-hybridized carbons (Fsp3) is 0.632. The molecule has 1 aliphatic carbocycles. The van der Waals surface area contributed by atoms with Crippen LogP contribution in [0.5, 0.6) is 0 Å². The Morgan fingerprint density at radius 1 is 0.897 bits per heavy atom. The van der Waals surface area contributed by atoms with E-state index in [2.05, 4.69) is 35.4 Å². The molecule has 2 aromatic heterocycles. The molecule has 0 amide bonds. The third kappa shape index (κ3) is 4.11. The molecule has 0 unspecified atom stereocenters. The fourth-order valence-electron chi connectivity index (χ4n) is 4.63. The largest absolute Gasteiger partial charge is 0.296 e. The van der Waals surface area contributed by atoms with Crippen LogP contribution in [0.25, 0.3) is 11.0 Å². The molecule has 5 rings (SSSR count). The molecular weight excluding hydrogens is 395 g/mol. The summed E-state index contributed by atoms with van der Waals surface area (Å²) in [5.41, 5.74) is 1.52. The summed E-state index contributed by atoms with van der Waals surface area (Å²) in [5, 5.41) is 20.9. The normalized spacial score (nSPS) is 19.5. The molecule has 3 aromatic rings. The second-order valence-corrected chi connectivity index (χ2v) is 8.01. The van der Waals surface area contributed by atoms with Gasteiger partial charge in [0.2, 0.25) is 0 Å². The van der Waals surface area contributed by atoms with E-state index >= 15 is 0 Å². The van der Waals surface area contributed by atoms with E-state index in [1.54, 1.807) is 6.07 Å². The first-order chi connectivity index (χ1) is 13.8. The number of benzene rings is 1. The van der Waals surface area contributed by atoms with Crippen LogP contribution in [0.3, 0.4) is 0 Å². The second-order valence-electron chi connectivity index (χ2n) is 8.01. The molecule has 1 aromatic carbocycles. The van der Waals surface area contributed by atoms with E-state index in [1.165, 1.54) is 44.2 Å². The summed E-state index contributed by atoms with van der Waals surface area (Å²) in [6.45, 7) is 2.72. The van der Waals surface area contributed by atoms with E-state index in [4.69, 9.17) is 0 Å². The third-order valence-corrected chi connectivity index (χ3v) is 6.18. The maximum atomic E-state index is 13.4. The molecule has 10 heteroatoms. The van der Waals surface area contributed by atoms with Gasteiger partial charge in [-0.1, -0.05) is 24.5 Å². The van der Waals surface area contributed by atoms with Crippen LogP contribution in [-0.2, 0) is 6.54 Å². The molecule has 1 saturated heterocycles. The van der Waals surface area contributed by atoms with Crippen LogP contribution >= 0.6 is 12.4 Å². The van der Waals surface area contributed by atoms with E-state index in [0.29, 0.717) is 17.6 Å². The van der Waals surface area contributed by atoms with E-state index in [0.717, 1.165) is 43.8 Å². The van der Waals surface area contributed by atoms with Crippen LogP contribution < -0.4 is 0 Å². The van der Waals surface area contributed by atoms with Crippen LogP contribution in [0.4, 0.5) is 4.39 Å². The Morgan fingerprint density at radius 2 is 1.66 bits per heavy atom. The van der Waals surface area contributed by atoms with Gasteiger partial charge in [-0.15, -0.1) is 22.6 Å². The van der Waals surface area contributed by atoms with Gasteiger partial charge in [-0.05, 0) is 48.2 Å². The summed E-state index contributed by atoms with van der Waals surface area (Å²) in [4.78, 5) is 2.42. The van der Waals surface area contributed by atoms with Gasteiger partial charge in [0.05, 0.1) is 24.1 Å². The molecule has 2 aliphatic rings. The van der Waals surface area contributed by atoms with Crippen molar-refractivity contribution in [2.75, 3.05) is 13.1 Å². The second kappa shape index (κ2) is 8.71. The average molecular weight is 421 g/mol. The summed E-state index contributed by atoms with van der Waals surface area (Å²) in [7, 11) is 0. The number of nitrogens with zero attached hydrogens (tertiary/aromatic N) is 8. The minimum absolute atomic E-state index is 0. The number of tetrazole rings is 1. The van der Waals surface area contributed by atoms with Crippen molar-refractivity contribution in [1.29, 1.82) is 0 Å². The van der Waals surface area contributed by atoms with E-state index in [9.17, 15) is 4.39 Å². The summed E-state index contributed by atoms with van der Waals surface area (Å²) in [5.74, 6) is 0.706. The molecule has 29 heavy (non-hydrogen) atoms. The zero-order chi connectivity index (χ0) is 18.9. The molecule has 1 saturated carbocycles. The highest BCUT2D eigenvalue weighted by Crippen LogP contribution is 2.29. The van der Waals surface area contributed by atoms with Gasteiger partial charge >= 0.3 is 0 Å².